The first-order chi connectivity index (χ1) is 10.6. The Morgan fingerprint density at radius 2 is 2.05 bits per heavy atom. The van der Waals surface area contributed by atoms with Crippen molar-refractivity contribution in [2.75, 3.05) is 27.7 Å². The number of likely N-dealkylation sites (N-methyl/N-ethyl adjacent to an activating group) is 1. The number of hydrogen-bond donors (Lipinski definition) is 1. The lowest BCUT2D eigenvalue weighted by Crippen LogP contribution is -2.34. The molecule has 22 heavy (non-hydrogen) atoms. The average molecular weight is 299 g/mol. The Kier molecular flexibility index (Phi) is 5.49. The van der Waals surface area contributed by atoms with Crippen molar-refractivity contribution in [3.8, 4) is 5.75 Å². The van der Waals surface area contributed by atoms with Gasteiger partial charge in [0.25, 0.3) is 5.91 Å². The second-order valence-electron chi connectivity index (χ2n) is 5.17. The molecule has 5 heteroatoms. The minimum atomic E-state index is -0.130. The van der Waals surface area contributed by atoms with Crippen LogP contribution in [0.25, 0.3) is 0 Å². The minimum Gasteiger partial charge on any atom is -0.496 e. The van der Waals surface area contributed by atoms with Crippen LogP contribution in [0.2, 0.25) is 0 Å². The number of hydrogen-bond acceptors (Lipinski definition) is 4. The molecule has 1 aromatic carbocycles. The number of nitrogens with zero attached hydrogens (tertiary/aromatic N) is 2. The number of methoxy groups -OCH3 is 1. The van der Waals surface area contributed by atoms with E-state index in [0.29, 0.717) is 12.1 Å². The molecule has 1 heterocycles. The lowest BCUT2D eigenvalue weighted by molar-refractivity contribution is 0.0941. The molecule has 1 atom stereocenters. The molecule has 0 radical (unpaired) electrons. The third kappa shape index (κ3) is 3.83. The molecule has 0 saturated carbocycles. The standard InChI is InChI=1S/C17H21N3O2/c1-20(2)15(14-8-4-5-9-16(14)22-3)12-19-17(21)13-7-6-10-18-11-13/h4-11,15H,12H2,1-3H3,(H,19,21). The Labute approximate surface area is 130 Å². The summed E-state index contributed by atoms with van der Waals surface area (Å²) in [6.07, 6.45) is 3.21. The van der Waals surface area contributed by atoms with Gasteiger partial charge in [0.05, 0.1) is 18.7 Å². The Hall–Kier alpha value is -2.40. The van der Waals surface area contributed by atoms with Gasteiger partial charge in [0.1, 0.15) is 5.75 Å². The molecule has 0 aliphatic rings. The maximum Gasteiger partial charge on any atom is 0.252 e. The second kappa shape index (κ2) is 7.56. The van der Waals surface area contributed by atoms with E-state index < -0.39 is 0 Å². The van der Waals surface area contributed by atoms with E-state index in [1.54, 1.807) is 31.6 Å². The smallest absolute Gasteiger partial charge is 0.252 e. The summed E-state index contributed by atoms with van der Waals surface area (Å²) < 4.78 is 5.42. The molecule has 0 bridgehead atoms. The molecule has 1 amide bonds. The fraction of sp³-hybridized carbons (Fsp3) is 0.294. The fourth-order valence-corrected chi connectivity index (χ4v) is 2.30. The summed E-state index contributed by atoms with van der Waals surface area (Å²) in [5.41, 5.74) is 1.60. The number of amides is 1. The van der Waals surface area contributed by atoms with E-state index in [9.17, 15) is 4.79 Å². The molecular formula is C17H21N3O2. The molecule has 5 nitrogen and oxygen atoms in total. The van der Waals surface area contributed by atoms with E-state index in [1.807, 2.05) is 38.4 Å². The topological polar surface area (TPSA) is 54.5 Å². The Bertz CT molecular complexity index is 614. The predicted octanol–water partition coefficient (Wildman–Crippen LogP) is 2.12. The van der Waals surface area contributed by atoms with Gasteiger partial charge in [-0.25, -0.2) is 0 Å². The van der Waals surface area contributed by atoms with Crippen LogP contribution in [0.1, 0.15) is 22.0 Å². The Balaban J connectivity index is 2.11. The van der Waals surface area contributed by atoms with Gasteiger partial charge in [-0.1, -0.05) is 18.2 Å². The van der Waals surface area contributed by atoms with Crippen molar-refractivity contribution in [3.05, 3.63) is 59.9 Å². The van der Waals surface area contributed by atoms with Crippen molar-refractivity contribution < 1.29 is 9.53 Å². The zero-order valence-corrected chi connectivity index (χ0v) is 13.1. The summed E-state index contributed by atoms with van der Waals surface area (Å²) >= 11 is 0. The molecule has 2 aromatic rings. The largest absolute Gasteiger partial charge is 0.496 e. The SMILES string of the molecule is COc1ccccc1C(CNC(=O)c1cccnc1)N(C)C. The number of carbonyl (C=O) groups excluding carboxylic acids is 1. The predicted molar refractivity (Wildman–Crippen MR) is 86.0 cm³/mol. The zero-order chi connectivity index (χ0) is 15.9. The van der Waals surface area contributed by atoms with E-state index in [1.165, 1.54) is 0 Å². The van der Waals surface area contributed by atoms with Crippen LogP contribution in [0, 0.1) is 0 Å². The third-order valence-corrected chi connectivity index (χ3v) is 3.50. The van der Waals surface area contributed by atoms with E-state index >= 15 is 0 Å². The number of pyridine rings is 1. The van der Waals surface area contributed by atoms with Crippen LogP contribution in [-0.2, 0) is 0 Å². The van der Waals surface area contributed by atoms with Crippen LogP contribution in [0.3, 0.4) is 0 Å². The molecule has 2 rings (SSSR count). The van der Waals surface area contributed by atoms with Gasteiger partial charge in [0.15, 0.2) is 0 Å². The number of ether oxygens (including phenoxy) is 1. The number of rotatable bonds is 6. The quantitative estimate of drug-likeness (QED) is 0.888. The molecule has 0 saturated heterocycles. The van der Waals surface area contributed by atoms with Crippen molar-refractivity contribution in [1.29, 1.82) is 0 Å². The average Bonchev–Trinajstić information content (AvgIpc) is 2.55. The van der Waals surface area contributed by atoms with Gasteiger partial charge in [-0.15, -0.1) is 0 Å². The van der Waals surface area contributed by atoms with Crippen LogP contribution in [0.15, 0.2) is 48.8 Å². The maximum absolute atomic E-state index is 12.2. The van der Waals surface area contributed by atoms with Crippen LogP contribution in [-0.4, -0.2) is 43.5 Å². The number of aromatic nitrogens is 1. The highest BCUT2D eigenvalue weighted by Crippen LogP contribution is 2.27. The summed E-state index contributed by atoms with van der Waals surface area (Å²) in [6, 6.07) is 11.4. The number of para-hydroxylation sites is 1. The highest BCUT2D eigenvalue weighted by atomic mass is 16.5. The van der Waals surface area contributed by atoms with Gasteiger partial charge in [-0.2, -0.15) is 0 Å². The molecule has 1 unspecified atom stereocenters. The Morgan fingerprint density at radius 1 is 1.27 bits per heavy atom. The van der Waals surface area contributed by atoms with Gasteiger partial charge < -0.3 is 15.0 Å². The van der Waals surface area contributed by atoms with Gasteiger partial charge in [0, 0.05) is 24.5 Å². The van der Waals surface area contributed by atoms with Crippen molar-refractivity contribution >= 4 is 5.91 Å². The molecule has 0 fully saturated rings. The molecule has 0 aliphatic heterocycles. The minimum absolute atomic E-state index is 0.0248. The number of benzene rings is 1. The van der Waals surface area contributed by atoms with Crippen LogP contribution in [0.4, 0.5) is 0 Å². The monoisotopic (exact) mass is 299 g/mol. The number of carbonyl (C=O) groups is 1. The zero-order valence-electron chi connectivity index (χ0n) is 13.1. The van der Waals surface area contributed by atoms with Crippen LogP contribution >= 0.6 is 0 Å². The van der Waals surface area contributed by atoms with Gasteiger partial charge in [0.2, 0.25) is 0 Å². The summed E-state index contributed by atoms with van der Waals surface area (Å²) in [4.78, 5) is 18.2. The normalized spacial score (nSPS) is 12.0. The molecule has 1 N–H and O–H groups in total. The maximum atomic E-state index is 12.2. The van der Waals surface area contributed by atoms with Gasteiger partial charge in [-0.05, 0) is 32.3 Å². The summed E-state index contributed by atoms with van der Waals surface area (Å²) in [5.74, 6) is 0.687. The van der Waals surface area contributed by atoms with Crippen LogP contribution in [0.5, 0.6) is 5.75 Å². The second-order valence-corrected chi connectivity index (χ2v) is 5.17. The first-order valence-corrected chi connectivity index (χ1v) is 7.11. The summed E-state index contributed by atoms with van der Waals surface area (Å²) in [7, 11) is 5.61. The van der Waals surface area contributed by atoms with E-state index in [2.05, 4.69) is 15.2 Å². The number of nitrogens with one attached hydrogen (secondary N) is 1. The molecule has 0 aliphatic carbocycles. The van der Waals surface area contributed by atoms with Gasteiger partial charge in [-0.3, -0.25) is 9.78 Å². The van der Waals surface area contributed by atoms with Crippen LogP contribution < -0.4 is 10.1 Å². The first kappa shape index (κ1) is 16.0. The highest BCUT2D eigenvalue weighted by Gasteiger charge is 2.19. The molecular weight excluding hydrogens is 278 g/mol. The molecule has 1 aromatic heterocycles. The fourth-order valence-electron chi connectivity index (χ4n) is 2.30. The van der Waals surface area contributed by atoms with E-state index in [4.69, 9.17) is 4.74 Å². The third-order valence-electron chi connectivity index (χ3n) is 3.50. The lowest BCUT2D eigenvalue weighted by Gasteiger charge is -2.26. The first-order valence-electron chi connectivity index (χ1n) is 7.11. The van der Waals surface area contributed by atoms with Crippen molar-refractivity contribution in [2.45, 2.75) is 6.04 Å². The van der Waals surface area contributed by atoms with Crippen molar-refractivity contribution in [1.82, 2.24) is 15.2 Å². The molecule has 0 spiro atoms. The van der Waals surface area contributed by atoms with E-state index in [-0.39, 0.29) is 11.9 Å². The van der Waals surface area contributed by atoms with E-state index in [0.717, 1.165) is 11.3 Å². The highest BCUT2D eigenvalue weighted by molar-refractivity contribution is 5.93. The Morgan fingerprint density at radius 3 is 2.68 bits per heavy atom. The van der Waals surface area contributed by atoms with Gasteiger partial charge >= 0.3 is 0 Å². The van der Waals surface area contributed by atoms with Crippen molar-refractivity contribution in [2.24, 2.45) is 0 Å². The lowest BCUT2D eigenvalue weighted by atomic mass is 10.0. The van der Waals surface area contributed by atoms with Crippen molar-refractivity contribution in [3.63, 3.8) is 0 Å². The summed E-state index contributed by atoms with van der Waals surface area (Å²) in [5, 5.41) is 2.95. The molecule has 116 valence electrons. The summed E-state index contributed by atoms with van der Waals surface area (Å²) in [6.45, 7) is 0.487.